The smallest absolute Gasteiger partial charge is 0.405 e. The Morgan fingerprint density at radius 3 is 2.48 bits per heavy atom. The van der Waals surface area contributed by atoms with Crippen molar-refractivity contribution in [3.05, 3.63) is 51.8 Å². The van der Waals surface area contributed by atoms with E-state index in [0.717, 1.165) is 30.0 Å². The molecule has 1 fully saturated rings. The number of aromatic nitrogens is 1. The molecule has 3 rings (SSSR count). The third-order valence-electron chi connectivity index (χ3n) is 5.16. The molecule has 29 heavy (non-hydrogen) atoms. The standard InChI is InChI=1S/C20H27N5O3S/c1-21-19-23(2)16(14-29-19)13-24-8-10-25(11-9-24)18(26)17(22-20(27)28)12-15-6-4-3-5-7-15/h3-7,14,17,22H,8-13H2,1-2H3,(H,27,28)/b21-19-/t17-/m1/s1. The maximum absolute atomic E-state index is 13.0. The Labute approximate surface area is 174 Å². The van der Waals surface area contributed by atoms with Crippen LogP contribution < -0.4 is 10.1 Å². The number of hydrogen-bond acceptors (Lipinski definition) is 5. The molecule has 156 valence electrons. The normalized spacial score (nSPS) is 16.6. The van der Waals surface area contributed by atoms with E-state index in [9.17, 15) is 9.59 Å². The first-order valence-electron chi connectivity index (χ1n) is 9.58. The molecule has 0 aliphatic carbocycles. The van der Waals surface area contributed by atoms with Crippen LogP contribution in [0.1, 0.15) is 11.3 Å². The fraction of sp³-hybridized carbons (Fsp3) is 0.450. The highest BCUT2D eigenvalue weighted by Gasteiger charge is 2.29. The number of hydrogen-bond donors (Lipinski definition) is 2. The van der Waals surface area contributed by atoms with Gasteiger partial charge >= 0.3 is 6.09 Å². The molecule has 2 amide bonds. The van der Waals surface area contributed by atoms with Crippen LogP contribution in [-0.2, 0) is 24.8 Å². The fourth-order valence-corrected chi connectivity index (χ4v) is 4.38. The Balaban J connectivity index is 1.59. The number of nitrogens with one attached hydrogen (secondary N) is 1. The number of carbonyl (C=O) groups is 2. The first kappa shape index (κ1) is 21.1. The highest BCUT2D eigenvalue weighted by molar-refractivity contribution is 7.07. The predicted molar refractivity (Wildman–Crippen MR) is 112 cm³/mol. The van der Waals surface area contributed by atoms with Gasteiger partial charge in [-0.3, -0.25) is 14.7 Å². The zero-order chi connectivity index (χ0) is 20.8. The minimum absolute atomic E-state index is 0.163. The lowest BCUT2D eigenvalue weighted by atomic mass is 10.0. The minimum Gasteiger partial charge on any atom is -0.465 e. The molecule has 0 bridgehead atoms. The molecule has 0 saturated carbocycles. The van der Waals surface area contributed by atoms with Gasteiger partial charge in [0.05, 0.1) is 0 Å². The largest absolute Gasteiger partial charge is 0.465 e. The van der Waals surface area contributed by atoms with Crippen molar-refractivity contribution in [3.8, 4) is 0 Å². The third kappa shape index (κ3) is 5.45. The molecule has 0 unspecified atom stereocenters. The van der Waals surface area contributed by atoms with Crippen LogP contribution >= 0.6 is 11.3 Å². The van der Waals surface area contributed by atoms with Crippen molar-refractivity contribution in [2.75, 3.05) is 33.2 Å². The quantitative estimate of drug-likeness (QED) is 0.738. The van der Waals surface area contributed by atoms with Gasteiger partial charge in [-0.05, 0) is 5.56 Å². The molecule has 1 saturated heterocycles. The topological polar surface area (TPSA) is 90.2 Å². The van der Waals surface area contributed by atoms with Gasteiger partial charge in [0.25, 0.3) is 0 Å². The lowest BCUT2D eigenvalue weighted by Crippen LogP contribution is -2.55. The number of thiazole rings is 1. The highest BCUT2D eigenvalue weighted by atomic mass is 32.1. The monoisotopic (exact) mass is 417 g/mol. The van der Waals surface area contributed by atoms with E-state index in [0.29, 0.717) is 19.5 Å². The zero-order valence-electron chi connectivity index (χ0n) is 16.7. The van der Waals surface area contributed by atoms with Gasteiger partial charge in [-0.25, -0.2) is 4.79 Å². The first-order valence-corrected chi connectivity index (χ1v) is 10.5. The summed E-state index contributed by atoms with van der Waals surface area (Å²) >= 11 is 1.62. The van der Waals surface area contributed by atoms with Crippen molar-refractivity contribution in [2.24, 2.45) is 12.0 Å². The molecule has 1 aliphatic rings. The van der Waals surface area contributed by atoms with E-state index in [1.807, 2.05) is 37.4 Å². The molecule has 1 aromatic carbocycles. The summed E-state index contributed by atoms with van der Waals surface area (Å²) in [5, 5.41) is 13.7. The Bertz CT molecular complexity index is 900. The van der Waals surface area contributed by atoms with Crippen LogP contribution in [0.25, 0.3) is 0 Å². The predicted octanol–water partition coefficient (Wildman–Crippen LogP) is 1.14. The molecule has 0 spiro atoms. The molecular weight excluding hydrogens is 390 g/mol. The SMILES string of the molecule is C/N=c1\scc(CN2CCN(C(=O)[C@@H](Cc3ccccc3)NC(=O)O)CC2)n1C. The Morgan fingerprint density at radius 2 is 1.90 bits per heavy atom. The van der Waals surface area contributed by atoms with Crippen molar-refractivity contribution in [1.29, 1.82) is 0 Å². The Morgan fingerprint density at radius 1 is 1.21 bits per heavy atom. The van der Waals surface area contributed by atoms with E-state index >= 15 is 0 Å². The Hall–Kier alpha value is -2.65. The van der Waals surface area contributed by atoms with Gasteiger partial charge in [0.1, 0.15) is 6.04 Å². The summed E-state index contributed by atoms with van der Waals surface area (Å²) in [6.45, 7) is 3.50. The molecule has 1 aliphatic heterocycles. The van der Waals surface area contributed by atoms with Gasteiger partial charge < -0.3 is 19.9 Å². The van der Waals surface area contributed by atoms with Gasteiger partial charge in [0.2, 0.25) is 5.91 Å². The van der Waals surface area contributed by atoms with Crippen LogP contribution in [0.2, 0.25) is 0 Å². The number of piperazine rings is 1. The van der Waals surface area contributed by atoms with Gasteiger partial charge in [-0.2, -0.15) is 0 Å². The van der Waals surface area contributed by atoms with Crippen molar-refractivity contribution >= 4 is 23.3 Å². The molecule has 9 heteroatoms. The van der Waals surface area contributed by atoms with Crippen molar-refractivity contribution in [2.45, 2.75) is 19.0 Å². The summed E-state index contributed by atoms with van der Waals surface area (Å²) in [7, 11) is 3.80. The lowest BCUT2D eigenvalue weighted by molar-refractivity contribution is -0.135. The Kier molecular flexibility index (Phi) is 7.05. The van der Waals surface area contributed by atoms with Crippen LogP contribution in [0.15, 0.2) is 40.7 Å². The molecule has 2 heterocycles. The maximum Gasteiger partial charge on any atom is 0.405 e. The van der Waals surface area contributed by atoms with Crippen LogP contribution in [-0.4, -0.2) is 70.7 Å². The number of rotatable bonds is 6. The van der Waals surface area contributed by atoms with Crippen LogP contribution in [0.4, 0.5) is 4.79 Å². The second-order valence-electron chi connectivity index (χ2n) is 7.09. The molecule has 8 nitrogen and oxygen atoms in total. The van der Waals surface area contributed by atoms with E-state index in [1.54, 1.807) is 23.3 Å². The number of nitrogens with zero attached hydrogens (tertiary/aromatic N) is 4. The van der Waals surface area contributed by atoms with Crippen molar-refractivity contribution < 1.29 is 14.7 Å². The summed E-state index contributed by atoms with van der Waals surface area (Å²) in [6.07, 6.45) is -0.833. The van der Waals surface area contributed by atoms with E-state index < -0.39 is 12.1 Å². The number of benzene rings is 1. The molecule has 1 atom stereocenters. The summed E-state index contributed by atoms with van der Waals surface area (Å²) in [6, 6.07) is 8.70. The highest BCUT2D eigenvalue weighted by Crippen LogP contribution is 2.12. The average Bonchev–Trinajstić information content (AvgIpc) is 3.07. The van der Waals surface area contributed by atoms with Gasteiger partial charge in [-0.15, -0.1) is 11.3 Å². The van der Waals surface area contributed by atoms with Gasteiger partial charge in [-0.1, -0.05) is 30.3 Å². The number of carbonyl (C=O) groups excluding carboxylic acids is 1. The molecule has 2 aromatic rings. The second-order valence-corrected chi connectivity index (χ2v) is 7.92. The summed E-state index contributed by atoms with van der Waals surface area (Å²) in [5.41, 5.74) is 2.13. The van der Waals surface area contributed by atoms with Crippen LogP contribution in [0.3, 0.4) is 0 Å². The van der Waals surface area contributed by atoms with E-state index in [4.69, 9.17) is 5.11 Å². The summed E-state index contributed by atoms with van der Waals surface area (Å²) in [4.78, 5) is 33.5. The van der Waals surface area contributed by atoms with E-state index in [2.05, 4.69) is 25.2 Å². The fourth-order valence-electron chi connectivity index (χ4n) is 3.52. The summed E-state index contributed by atoms with van der Waals surface area (Å²) < 4.78 is 2.09. The second kappa shape index (κ2) is 9.71. The first-order chi connectivity index (χ1) is 14.0. The minimum atomic E-state index is -1.18. The van der Waals surface area contributed by atoms with E-state index in [1.165, 1.54) is 5.69 Å². The van der Waals surface area contributed by atoms with Crippen LogP contribution in [0.5, 0.6) is 0 Å². The summed E-state index contributed by atoms with van der Waals surface area (Å²) in [5.74, 6) is -0.163. The van der Waals surface area contributed by atoms with Crippen molar-refractivity contribution in [3.63, 3.8) is 0 Å². The molecule has 0 radical (unpaired) electrons. The average molecular weight is 418 g/mol. The molecule has 2 N–H and O–H groups in total. The van der Waals surface area contributed by atoms with Gasteiger partial charge in [0.15, 0.2) is 4.80 Å². The number of amides is 2. The van der Waals surface area contributed by atoms with Crippen molar-refractivity contribution in [1.82, 2.24) is 19.7 Å². The molecule has 1 aromatic heterocycles. The third-order valence-corrected chi connectivity index (χ3v) is 6.21. The molecular formula is C20H27N5O3S. The lowest BCUT2D eigenvalue weighted by Gasteiger charge is -2.36. The van der Waals surface area contributed by atoms with Gasteiger partial charge in [0, 0.05) is 64.3 Å². The zero-order valence-corrected chi connectivity index (χ0v) is 17.6. The van der Waals surface area contributed by atoms with E-state index in [-0.39, 0.29) is 5.91 Å². The maximum atomic E-state index is 13.0. The van der Waals surface area contributed by atoms with Crippen LogP contribution in [0, 0.1) is 0 Å². The number of carboxylic acid groups (broad SMARTS) is 1.